The Bertz CT molecular complexity index is 615. The Morgan fingerprint density at radius 1 is 1.00 bits per heavy atom. The average molecular weight is 294 g/mol. The van der Waals surface area contributed by atoms with Crippen molar-refractivity contribution in [1.82, 2.24) is 0 Å². The number of fused-ring (bicyclic) bond motifs is 1. The van der Waals surface area contributed by atoms with Crippen LogP contribution < -0.4 is 0 Å². The Morgan fingerprint density at radius 2 is 1.64 bits per heavy atom. The molecule has 0 heterocycles. The van der Waals surface area contributed by atoms with Crippen molar-refractivity contribution in [3.05, 3.63) is 72.3 Å². The molecular weight excluding hydrogens is 264 g/mol. The molecule has 0 saturated heterocycles. The third-order valence-electron chi connectivity index (χ3n) is 3.21. The maximum absolute atomic E-state index is 3.92. The smallest absolute Gasteiger partial charge is 0.0146 e. The minimum Gasteiger partial charge on any atom is -0.0991 e. The fourth-order valence-electron chi connectivity index (χ4n) is 2.37. The average Bonchev–Trinajstić information content (AvgIpc) is 2.62. The summed E-state index contributed by atoms with van der Waals surface area (Å²) in [4.78, 5) is 0. The van der Waals surface area contributed by atoms with Crippen LogP contribution >= 0.6 is 0 Å². The van der Waals surface area contributed by atoms with Crippen LogP contribution in [-0.4, -0.2) is 0 Å². The summed E-state index contributed by atoms with van der Waals surface area (Å²) in [6.45, 7) is 17.9. The number of hydrogen-bond acceptors (Lipinski definition) is 0. The van der Waals surface area contributed by atoms with E-state index < -0.39 is 0 Å². The van der Waals surface area contributed by atoms with E-state index in [0.29, 0.717) is 0 Å². The molecule has 0 radical (unpaired) electrons. The Labute approximate surface area is 136 Å². The first-order valence-corrected chi connectivity index (χ1v) is 8.28. The van der Waals surface area contributed by atoms with Gasteiger partial charge >= 0.3 is 0 Å². The van der Waals surface area contributed by atoms with Gasteiger partial charge in [0.25, 0.3) is 0 Å². The van der Waals surface area contributed by atoms with Gasteiger partial charge in [-0.2, -0.15) is 0 Å². The molecule has 0 spiro atoms. The minimum absolute atomic E-state index is 1.01. The van der Waals surface area contributed by atoms with Crippen LogP contribution in [0.5, 0.6) is 0 Å². The molecule has 0 aromatic heterocycles. The van der Waals surface area contributed by atoms with Crippen LogP contribution in [0.1, 0.15) is 51.3 Å². The molecular formula is C22H30. The number of rotatable bonds is 4. The van der Waals surface area contributed by atoms with Crippen LogP contribution in [0.25, 0.3) is 22.9 Å². The van der Waals surface area contributed by atoms with Crippen molar-refractivity contribution in [2.75, 3.05) is 0 Å². The second kappa shape index (κ2) is 11.6. The van der Waals surface area contributed by atoms with Gasteiger partial charge in [0, 0.05) is 0 Å². The van der Waals surface area contributed by atoms with Gasteiger partial charge in [-0.15, -0.1) is 0 Å². The molecule has 0 fully saturated rings. The number of benzene rings is 2. The van der Waals surface area contributed by atoms with Crippen LogP contribution in [0.4, 0.5) is 0 Å². The standard InChI is InChI=1S/C18H18.2C2H6/c1-4-7-11-17-14(5-2)13-15-10-8-9-12-18(15)16(17)6-3;2*1-2/h4-5,7-13H,1-2,6H2,3H3;2*1-2H3/b11-7-;;. The van der Waals surface area contributed by atoms with Gasteiger partial charge in [-0.25, -0.2) is 0 Å². The van der Waals surface area contributed by atoms with Crippen LogP contribution in [0.15, 0.2) is 55.6 Å². The quantitative estimate of drug-likeness (QED) is 0.519. The van der Waals surface area contributed by atoms with E-state index in [9.17, 15) is 0 Å². The molecule has 0 atom stereocenters. The molecule has 118 valence electrons. The van der Waals surface area contributed by atoms with E-state index >= 15 is 0 Å². The molecule has 0 unspecified atom stereocenters. The van der Waals surface area contributed by atoms with Crippen LogP contribution in [0.2, 0.25) is 0 Å². The lowest BCUT2D eigenvalue weighted by Crippen LogP contribution is -1.93. The molecule has 0 nitrogen and oxygen atoms in total. The molecule has 0 heteroatoms. The third-order valence-corrected chi connectivity index (χ3v) is 3.21. The Morgan fingerprint density at radius 3 is 2.18 bits per heavy atom. The van der Waals surface area contributed by atoms with Gasteiger partial charge in [0.2, 0.25) is 0 Å². The van der Waals surface area contributed by atoms with Crippen LogP contribution in [0, 0.1) is 0 Å². The molecule has 0 amide bonds. The first-order valence-electron chi connectivity index (χ1n) is 8.28. The summed E-state index contributed by atoms with van der Waals surface area (Å²) in [6, 6.07) is 10.7. The first-order chi connectivity index (χ1) is 10.8. The van der Waals surface area contributed by atoms with E-state index in [-0.39, 0.29) is 0 Å². The zero-order valence-electron chi connectivity index (χ0n) is 14.8. The summed E-state index contributed by atoms with van der Waals surface area (Å²) < 4.78 is 0. The topological polar surface area (TPSA) is 0 Å². The van der Waals surface area contributed by atoms with Gasteiger partial charge in [0.05, 0.1) is 0 Å². The van der Waals surface area contributed by atoms with Crippen molar-refractivity contribution in [3.8, 4) is 0 Å². The first kappa shape index (κ1) is 19.9. The number of aryl methyl sites for hydroxylation is 1. The second-order valence-electron chi connectivity index (χ2n) is 4.23. The van der Waals surface area contributed by atoms with E-state index in [4.69, 9.17) is 0 Å². The third kappa shape index (κ3) is 4.73. The summed E-state index contributed by atoms with van der Waals surface area (Å²) >= 11 is 0. The molecule has 0 bridgehead atoms. The Kier molecular flexibility index (Phi) is 10.5. The summed E-state index contributed by atoms with van der Waals surface area (Å²) in [5, 5.41) is 2.61. The fourth-order valence-corrected chi connectivity index (χ4v) is 2.37. The maximum Gasteiger partial charge on any atom is -0.0146 e. The van der Waals surface area contributed by atoms with Crippen molar-refractivity contribution in [1.29, 1.82) is 0 Å². The molecule has 0 aliphatic rings. The number of allylic oxidation sites excluding steroid dienone is 2. The highest BCUT2D eigenvalue weighted by atomic mass is 14.1. The molecule has 2 aromatic rings. The van der Waals surface area contributed by atoms with Gasteiger partial charge in [0.15, 0.2) is 0 Å². The molecule has 0 N–H and O–H groups in total. The van der Waals surface area contributed by atoms with Crippen molar-refractivity contribution in [2.45, 2.75) is 41.0 Å². The highest BCUT2D eigenvalue weighted by Gasteiger charge is 2.07. The van der Waals surface area contributed by atoms with Crippen molar-refractivity contribution in [2.24, 2.45) is 0 Å². The summed E-state index contributed by atoms with van der Waals surface area (Å²) in [6.07, 6.45) is 8.85. The molecule has 22 heavy (non-hydrogen) atoms. The lowest BCUT2D eigenvalue weighted by Gasteiger charge is -2.12. The van der Waals surface area contributed by atoms with Crippen molar-refractivity contribution < 1.29 is 0 Å². The van der Waals surface area contributed by atoms with E-state index in [2.05, 4.69) is 56.5 Å². The van der Waals surface area contributed by atoms with Crippen LogP contribution in [0.3, 0.4) is 0 Å². The lowest BCUT2D eigenvalue weighted by molar-refractivity contribution is 1.15. The molecule has 2 rings (SSSR count). The monoisotopic (exact) mass is 294 g/mol. The fraction of sp³-hybridized carbons (Fsp3) is 0.273. The zero-order valence-corrected chi connectivity index (χ0v) is 14.8. The zero-order chi connectivity index (χ0) is 17.0. The Balaban J connectivity index is 0.00000102. The lowest BCUT2D eigenvalue weighted by atomic mass is 9.92. The summed E-state index contributed by atoms with van der Waals surface area (Å²) in [7, 11) is 0. The molecule has 0 aliphatic heterocycles. The van der Waals surface area contributed by atoms with Crippen LogP contribution in [-0.2, 0) is 6.42 Å². The van der Waals surface area contributed by atoms with Crippen molar-refractivity contribution >= 4 is 22.9 Å². The van der Waals surface area contributed by atoms with E-state index in [0.717, 1.165) is 6.42 Å². The van der Waals surface area contributed by atoms with Gasteiger partial charge in [-0.05, 0) is 39.9 Å². The summed E-state index contributed by atoms with van der Waals surface area (Å²) in [5.41, 5.74) is 3.82. The molecule has 0 saturated carbocycles. The van der Waals surface area contributed by atoms with Gasteiger partial charge in [-0.3, -0.25) is 0 Å². The summed E-state index contributed by atoms with van der Waals surface area (Å²) in [5.74, 6) is 0. The SMILES string of the molecule is C=C/C=C\c1c(C=C)cc2ccccc2c1CC.CC.CC. The van der Waals surface area contributed by atoms with E-state index in [1.165, 1.54) is 27.5 Å². The molecule has 2 aromatic carbocycles. The highest BCUT2D eigenvalue weighted by molar-refractivity contribution is 5.92. The predicted molar refractivity (Wildman–Crippen MR) is 105 cm³/mol. The normalized spacial score (nSPS) is 9.50. The predicted octanol–water partition coefficient (Wildman–Crippen LogP) is 7.30. The largest absolute Gasteiger partial charge is 0.0991 e. The highest BCUT2D eigenvalue weighted by Crippen LogP contribution is 2.28. The van der Waals surface area contributed by atoms with Gasteiger partial charge in [-0.1, -0.05) is 96.3 Å². The second-order valence-corrected chi connectivity index (χ2v) is 4.23. The van der Waals surface area contributed by atoms with Gasteiger partial charge < -0.3 is 0 Å². The van der Waals surface area contributed by atoms with E-state index in [1.54, 1.807) is 0 Å². The molecule has 0 aliphatic carbocycles. The van der Waals surface area contributed by atoms with Crippen molar-refractivity contribution in [3.63, 3.8) is 0 Å². The Hall–Kier alpha value is -2.08. The minimum atomic E-state index is 1.01. The maximum atomic E-state index is 3.92. The van der Waals surface area contributed by atoms with E-state index in [1.807, 2.05) is 45.9 Å². The van der Waals surface area contributed by atoms with Gasteiger partial charge in [0.1, 0.15) is 0 Å². The number of hydrogen-bond donors (Lipinski definition) is 0.